The third-order valence-electron chi connectivity index (χ3n) is 4.70. The molecule has 0 aliphatic heterocycles. The van der Waals surface area contributed by atoms with E-state index in [-0.39, 0.29) is 19.1 Å². The highest BCUT2D eigenvalue weighted by Gasteiger charge is 2.13. The zero-order chi connectivity index (χ0) is 24.5. The fraction of sp³-hybridized carbons (Fsp3) is 0.167. The van der Waals surface area contributed by atoms with Crippen LogP contribution in [0.25, 0.3) is 0 Å². The summed E-state index contributed by atoms with van der Waals surface area (Å²) < 4.78 is 11.5. The van der Waals surface area contributed by atoms with Gasteiger partial charge in [0.25, 0.3) is 5.91 Å². The Morgan fingerprint density at radius 1 is 1.06 bits per heavy atom. The molecule has 34 heavy (non-hydrogen) atoms. The van der Waals surface area contributed by atoms with Crippen molar-refractivity contribution >= 4 is 45.6 Å². The number of nitrogens with one attached hydrogen (secondary N) is 3. The lowest BCUT2D eigenvalue weighted by molar-refractivity contribution is -0.139. The topological polar surface area (TPSA) is 122 Å². The molecule has 1 aromatic heterocycles. The van der Waals surface area contributed by atoms with E-state index in [0.29, 0.717) is 22.8 Å². The molecule has 0 aliphatic rings. The molecular weight excluding hydrogens is 504 g/mol. The Morgan fingerprint density at radius 2 is 1.88 bits per heavy atom. The summed E-state index contributed by atoms with van der Waals surface area (Å²) in [7, 11) is 0. The van der Waals surface area contributed by atoms with E-state index < -0.39 is 11.8 Å². The van der Waals surface area contributed by atoms with Crippen molar-refractivity contribution in [2.75, 3.05) is 11.9 Å². The Labute approximate surface area is 204 Å². The monoisotopic (exact) mass is 526 g/mol. The van der Waals surface area contributed by atoms with Gasteiger partial charge in [-0.3, -0.25) is 14.4 Å². The van der Waals surface area contributed by atoms with Crippen LogP contribution in [-0.4, -0.2) is 30.5 Å². The van der Waals surface area contributed by atoms with Crippen molar-refractivity contribution in [3.63, 3.8) is 0 Å². The van der Waals surface area contributed by atoms with E-state index in [1.54, 1.807) is 30.3 Å². The summed E-state index contributed by atoms with van der Waals surface area (Å²) in [5, 5.41) is 9.02. The zero-order valence-electron chi connectivity index (χ0n) is 18.6. The summed E-state index contributed by atoms with van der Waals surface area (Å²) in [6, 6.07) is 14.1. The van der Waals surface area contributed by atoms with Crippen molar-refractivity contribution in [1.82, 2.24) is 10.7 Å². The molecule has 1 heterocycles. The molecule has 0 saturated carbocycles. The lowest BCUT2D eigenvalue weighted by Gasteiger charge is -2.11. The van der Waals surface area contributed by atoms with E-state index in [1.165, 1.54) is 12.5 Å². The minimum Gasteiger partial charge on any atom is -0.483 e. The largest absolute Gasteiger partial charge is 0.483 e. The quantitative estimate of drug-likeness (QED) is 0.235. The van der Waals surface area contributed by atoms with Gasteiger partial charge in [-0.25, -0.2) is 5.43 Å². The Hall–Kier alpha value is -3.92. The number of amides is 3. The van der Waals surface area contributed by atoms with E-state index in [1.807, 2.05) is 32.0 Å². The Morgan fingerprint density at radius 3 is 2.62 bits per heavy atom. The van der Waals surface area contributed by atoms with Gasteiger partial charge in [0, 0.05) is 15.7 Å². The van der Waals surface area contributed by atoms with Crippen LogP contribution in [-0.2, 0) is 20.9 Å². The second-order valence-corrected chi connectivity index (χ2v) is 8.19. The smallest absolute Gasteiger partial charge is 0.329 e. The normalized spacial score (nSPS) is 10.7. The van der Waals surface area contributed by atoms with Crippen molar-refractivity contribution in [2.24, 2.45) is 5.10 Å². The maximum atomic E-state index is 12.3. The second-order valence-electron chi connectivity index (χ2n) is 7.28. The molecule has 0 aliphatic carbocycles. The predicted octanol–water partition coefficient (Wildman–Crippen LogP) is 3.44. The van der Waals surface area contributed by atoms with Crippen molar-refractivity contribution in [3.05, 3.63) is 81.7 Å². The minimum absolute atomic E-state index is 0.0802. The van der Waals surface area contributed by atoms with Crippen molar-refractivity contribution in [2.45, 2.75) is 20.4 Å². The van der Waals surface area contributed by atoms with Gasteiger partial charge in [-0.05, 0) is 67.4 Å². The van der Waals surface area contributed by atoms with Crippen LogP contribution in [0.15, 0.2) is 68.8 Å². The number of halogens is 1. The van der Waals surface area contributed by atoms with Gasteiger partial charge in [-0.15, -0.1) is 0 Å². The van der Waals surface area contributed by atoms with E-state index in [9.17, 15) is 14.4 Å². The molecule has 9 nitrogen and oxygen atoms in total. The predicted molar refractivity (Wildman–Crippen MR) is 130 cm³/mol. The number of hydrogen-bond donors (Lipinski definition) is 3. The van der Waals surface area contributed by atoms with Gasteiger partial charge in [0.1, 0.15) is 11.5 Å². The third-order valence-corrected chi connectivity index (χ3v) is 5.19. The van der Waals surface area contributed by atoms with Gasteiger partial charge < -0.3 is 19.8 Å². The summed E-state index contributed by atoms with van der Waals surface area (Å²) in [5.74, 6) is -1.23. The van der Waals surface area contributed by atoms with Crippen molar-refractivity contribution in [1.29, 1.82) is 0 Å². The molecule has 0 bridgehead atoms. The number of hydrogen-bond acceptors (Lipinski definition) is 6. The standard InChI is InChI=1S/C24H23BrN4O5/c1-15-5-7-19(10-16(15)2)28-22(30)14-34-21-8-6-18(25)11-17(21)12-27-29-24(32)23(31)26-13-20-4-3-9-33-20/h3-12H,13-14H2,1-2H3,(H,26,31)(H,28,30)(H,29,32)/b27-12-. The summed E-state index contributed by atoms with van der Waals surface area (Å²) in [5.41, 5.74) is 5.53. The van der Waals surface area contributed by atoms with Crippen LogP contribution >= 0.6 is 15.9 Å². The summed E-state index contributed by atoms with van der Waals surface area (Å²) >= 11 is 3.36. The van der Waals surface area contributed by atoms with Gasteiger partial charge in [0.05, 0.1) is 19.0 Å². The van der Waals surface area contributed by atoms with Crippen LogP contribution in [0.4, 0.5) is 5.69 Å². The number of rotatable bonds is 8. The lowest BCUT2D eigenvalue weighted by atomic mass is 10.1. The minimum atomic E-state index is -0.937. The highest BCUT2D eigenvalue weighted by atomic mass is 79.9. The molecule has 3 N–H and O–H groups in total. The molecule has 0 atom stereocenters. The van der Waals surface area contributed by atoms with E-state index in [4.69, 9.17) is 9.15 Å². The molecule has 0 radical (unpaired) electrons. The molecule has 3 amide bonds. The van der Waals surface area contributed by atoms with Crippen LogP contribution in [0, 0.1) is 13.8 Å². The molecule has 0 saturated heterocycles. The van der Waals surface area contributed by atoms with Gasteiger partial charge in [-0.2, -0.15) is 5.10 Å². The van der Waals surface area contributed by atoms with Gasteiger partial charge in [0.2, 0.25) is 0 Å². The van der Waals surface area contributed by atoms with E-state index >= 15 is 0 Å². The number of anilines is 1. The number of furan rings is 1. The fourth-order valence-corrected chi connectivity index (χ4v) is 3.16. The first-order chi connectivity index (χ1) is 16.3. The molecule has 0 spiro atoms. The van der Waals surface area contributed by atoms with Gasteiger partial charge in [0.15, 0.2) is 6.61 Å². The summed E-state index contributed by atoms with van der Waals surface area (Å²) in [6.45, 7) is 3.82. The summed E-state index contributed by atoms with van der Waals surface area (Å²) in [4.78, 5) is 36.1. The van der Waals surface area contributed by atoms with E-state index in [2.05, 4.69) is 37.1 Å². The summed E-state index contributed by atoms with van der Waals surface area (Å²) in [6.07, 6.45) is 2.79. The Kier molecular flexibility index (Phi) is 8.58. The number of aryl methyl sites for hydroxylation is 2. The molecule has 3 aromatic rings. The average molecular weight is 527 g/mol. The highest BCUT2D eigenvalue weighted by Crippen LogP contribution is 2.22. The number of nitrogens with zero attached hydrogens (tertiary/aromatic N) is 1. The molecule has 10 heteroatoms. The molecular formula is C24H23BrN4O5. The highest BCUT2D eigenvalue weighted by molar-refractivity contribution is 9.10. The number of carbonyl (C=O) groups excluding carboxylic acids is 3. The Balaban J connectivity index is 1.54. The maximum absolute atomic E-state index is 12.3. The lowest BCUT2D eigenvalue weighted by Crippen LogP contribution is -2.37. The van der Waals surface area contributed by atoms with Crippen LogP contribution in [0.1, 0.15) is 22.5 Å². The number of ether oxygens (including phenoxy) is 1. The third kappa shape index (κ3) is 7.31. The molecule has 176 valence electrons. The molecule has 2 aromatic carbocycles. The van der Waals surface area contributed by atoms with Crippen LogP contribution in [0.5, 0.6) is 5.75 Å². The van der Waals surface area contributed by atoms with Gasteiger partial charge in [-0.1, -0.05) is 22.0 Å². The van der Waals surface area contributed by atoms with Gasteiger partial charge >= 0.3 is 11.8 Å². The van der Waals surface area contributed by atoms with Crippen LogP contribution in [0.3, 0.4) is 0 Å². The second kappa shape index (κ2) is 11.8. The first-order valence-electron chi connectivity index (χ1n) is 10.2. The first kappa shape index (κ1) is 24.7. The van der Waals surface area contributed by atoms with Crippen molar-refractivity contribution in [3.8, 4) is 5.75 Å². The Bertz CT molecular complexity index is 1210. The van der Waals surface area contributed by atoms with Crippen molar-refractivity contribution < 1.29 is 23.5 Å². The fourth-order valence-electron chi connectivity index (χ4n) is 2.78. The first-order valence-corrected chi connectivity index (χ1v) is 11.0. The maximum Gasteiger partial charge on any atom is 0.329 e. The zero-order valence-corrected chi connectivity index (χ0v) is 20.1. The molecule has 0 unspecified atom stereocenters. The number of carbonyl (C=O) groups is 3. The SMILES string of the molecule is Cc1ccc(NC(=O)COc2ccc(Br)cc2/C=N\NC(=O)C(=O)NCc2ccco2)cc1C. The van der Waals surface area contributed by atoms with E-state index in [0.717, 1.165) is 15.6 Å². The molecule has 0 fully saturated rings. The van der Waals surface area contributed by atoms with Crippen LogP contribution < -0.4 is 20.8 Å². The number of benzene rings is 2. The van der Waals surface area contributed by atoms with Crippen LogP contribution in [0.2, 0.25) is 0 Å². The molecule has 3 rings (SSSR count). The number of hydrazone groups is 1. The average Bonchev–Trinajstić information content (AvgIpc) is 3.33.